The molecule has 0 saturated heterocycles. The van der Waals surface area contributed by atoms with Crippen LogP contribution in [0.25, 0.3) is 0 Å². The van der Waals surface area contributed by atoms with Crippen molar-refractivity contribution in [2.45, 2.75) is 124 Å². The van der Waals surface area contributed by atoms with E-state index >= 15 is 0 Å². The van der Waals surface area contributed by atoms with E-state index in [1.807, 2.05) is 6.92 Å². The fourth-order valence-electron chi connectivity index (χ4n) is 7.12. The van der Waals surface area contributed by atoms with Crippen LogP contribution in [0.3, 0.4) is 0 Å². The average molecular weight is 519 g/mol. The molecule has 7 atom stereocenters. The van der Waals surface area contributed by atoms with Gasteiger partial charge in [-0.05, 0) is 99.2 Å². The van der Waals surface area contributed by atoms with Crippen LogP contribution in [0.1, 0.15) is 99.8 Å². The van der Waals surface area contributed by atoms with Crippen LogP contribution in [0.4, 0.5) is 4.39 Å². The third kappa shape index (κ3) is 7.13. The lowest BCUT2D eigenvalue weighted by Crippen LogP contribution is -2.36. The fourth-order valence-corrected chi connectivity index (χ4v) is 7.12. The molecule has 0 heterocycles. The van der Waals surface area contributed by atoms with Crippen molar-refractivity contribution in [3.8, 4) is 0 Å². The van der Waals surface area contributed by atoms with E-state index in [2.05, 4.69) is 32.1 Å². The van der Waals surface area contributed by atoms with Gasteiger partial charge >= 0.3 is 11.9 Å². The van der Waals surface area contributed by atoms with Gasteiger partial charge in [0.25, 0.3) is 0 Å². The summed E-state index contributed by atoms with van der Waals surface area (Å²) in [4.78, 5) is 23.3. The predicted octanol–water partition coefficient (Wildman–Crippen LogP) is 6.79. The Balaban J connectivity index is 1.74. The molecule has 0 aromatic rings. The zero-order valence-corrected chi connectivity index (χ0v) is 23.8. The number of ether oxygens (including phenoxy) is 2. The van der Waals surface area contributed by atoms with Crippen LogP contribution in [0.2, 0.25) is 0 Å². The Kier molecular flexibility index (Phi) is 9.47. The maximum Gasteiger partial charge on any atom is 0.303 e. The predicted molar refractivity (Wildman–Crippen MR) is 143 cm³/mol. The molecule has 0 aromatic heterocycles. The Hall–Kier alpha value is -1.95. The van der Waals surface area contributed by atoms with Gasteiger partial charge in [0.1, 0.15) is 18.4 Å². The number of alkyl halides is 1. The van der Waals surface area contributed by atoms with Crippen molar-refractivity contribution in [1.82, 2.24) is 0 Å². The molecule has 0 aromatic carbocycles. The van der Waals surface area contributed by atoms with Crippen molar-refractivity contribution in [3.05, 3.63) is 34.9 Å². The van der Waals surface area contributed by atoms with Crippen molar-refractivity contribution < 1.29 is 28.6 Å². The Bertz CT molecular complexity index is 942. The maximum atomic E-state index is 14.4. The average Bonchev–Trinajstić information content (AvgIpc) is 3.14. The molecular formula is C31H47FO5. The third-order valence-corrected chi connectivity index (χ3v) is 9.24. The summed E-state index contributed by atoms with van der Waals surface area (Å²) in [6.45, 7) is 12.6. The number of fused-ring (bicyclic) bond motifs is 1. The van der Waals surface area contributed by atoms with E-state index in [-0.39, 0.29) is 29.6 Å². The molecule has 0 radical (unpaired) electrons. The lowest BCUT2D eigenvalue weighted by atomic mass is 9.62. The second-order valence-corrected chi connectivity index (χ2v) is 12.5. The molecule has 6 heteroatoms. The summed E-state index contributed by atoms with van der Waals surface area (Å²) in [5.41, 5.74) is 2.30. The molecule has 0 spiro atoms. The first-order chi connectivity index (χ1) is 17.2. The monoisotopic (exact) mass is 518 g/mol. The molecule has 37 heavy (non-hydrogen) atoms. The number of carbonyl (C=O) groups is 2. The molecule has 0 aliphatic heterocycles. The summed E-state index contributed by atoms with van der Waals surface area (Å²) in [5.74, 6) is 0.721. The minimum absolute atomic E-state index is 0.172. The first-order valence-electron chi connectivity index (χ1n) is 14.0. The van der Waals surface area contributed by atoms with Gasteiger partial charge in [0, 0.05) is 26.7 Å². The van der Waals surface area contributed by atoms with E-state index in [1.165, 1.54) is 19.4 Å². The molecule has 5 nitrogen and oxygen atoms in total. The smallest absolute Gasteiger partial charge is 0.303 e. The molecule has 3 aliphatic carbocycles. The Labute approximate surface area is 222 Å². The lowest BCUT2D eigenvalue weighted by Gasteiger charge is -2.43. The van der Waals surface area contributed by atoms with Crippen molar-refractivity contribution in [2.24, 2.45) is 23.2 Å². The van der Waals surface area contributed by atoms with Crippen LogP contribution in [0, 0.1) is 23.2 Å². The van der Waals surface area contributed by atoms with Crippen LogP contribution < -0.4 is 0 Å². The minimum atomic E-state index is -1.29. The number of esters is 2. The first-order valence-corrected chi connectivity index (χ1v) is 14.0. The maximum absolute atomic E-state index is 14.4. The minimum Gasteiger partial charge on any atom is -0.462 e. The normalized spacial score (nSPS) is 32.1. The summed E-state index contributed by atoms with van der Waals surface area (Å²) in [6, 6.07) is 0. The topological polar surface area (TPSA) is 72.8 Å². The number of carbonyl (C=O) groups excluding carboxylic acids is 2. The second-order valence-electron chi connectivity index (χ2n) is 12.5. The Morgan fingerprint density at radius 1 is 1.19 bits per heavy atom. The van der Waals surface area contributed by atoms with E-state index in [0.717, 1.165) is 43.3 Å². The summed E-state index contributed by atoms with van der Waals surface area (Å²) in [5, 5.41) is 10.00. The quantitative estimate of drug-likeness (QED) is 0.340. The van der Waals surface area contributed by atoms with Gasteiger partial charge in [0.2, 0.25) is 0 Å². The number of aliphatic hydroxyl groups is 1. The van der Waals surface area contributed by atoms with Gasteiger partial charge in [0.05, 0.1) is 5.60 Å². The molecule has 1 N–H and O–H groups in total. The highest BCUT2D eigenvalue weighted by Crippen LogP contribution is 2.59. The number of hydrogen-bond donors (Lipinski definition) is 1. The second kappa shape index (κ2) is 11.8. The van der Waals surface area contributed by atoms with Crippen LogP contribution in [0.5, 0.6) is 0 Å². The lowest BCUT2D eigenvalue weighted by molar-refractivity contribution is -0.151. The molecule has 0 unspecified atom stereocenters. The molecule has 1 fully saturated rings. The molecule has 3 rings (SSSR count). The standard InChI is InChI=1S/C31H47FO5/c1-19(10-15-29(32)30(5,6)35)26-13-14-27-23(9-8-16-31(26,27)7)11-12-24-17-25(36-21(3)33)18-28(20(24)2)37-22(4)34/h9,11-12,19,25-29,35H,8,10,13-18H2,1-7H3/b12-11-/t19-,25-,26-,27+,28+,29-,31-/m1/s1. The van der Waals surface area contributed by atoms with Gasteiger partial charge < -0.3 is 14.6 Å². The van der Waals surface area contributed by atoms with Gasteiger partial charge in [-0.15, -0.1) is 0 Å². The molecule has 3 aliphatic rings. The zero-order valence-electron chi connectivity index (χ0n) is 23.8. The largest absolute Gasteiger partial charge is 0.462 e. The summed E-state index contributed by atoms with van der Waals surface area (Å²) in [6.07, 6.45) is 11.5. The summed E-state index contributed by atoms with van der Waals surface area (Å²) >= 11 is 0. The number of hydrogen-bond acceptors (Lipinski definition) is 5. The van der Waals surface area contributed by atoms with Crippen LogP contribution in [0.15, 0.2) is 34.9 Å². The third-order valence-electron chi connectivity index (χ3n) is 9.24. The van der Waals surface area contributed by atoms with Crippen molar-refractivity contribution >= 4 is 11.9 Å². The number of rotatable bonds is 9. The van der Waals surface area contributed by atoms with Crippen molar-refractivity contribution in [2.75, 3.05) is 0 Å². The van der Waals surface area contributed by atoms with Gasteiger partial charge in [-0.1, -0.05) is 32.1 Å². The summed E-state index contributed by atoms with van der Waals surface area (Å²) in [7, 11) is 0. The fraction of sp³-hybridized carbons (Fsp3) is 0.742. The van der Waals surface area contributed by atoms with E-state index in [0.29, 0.717) is 37.0 Å². The molecular weight excluding hydrogens is 471 g/mol. The molecule has 208 valence electrons. The molecule has 0 amide bonds. The van der Waals surface area contributed by atoms with Gasteiger partial charge in [-0.25, -0.2) is 4.39 Å². The van der Waals surface area contributed by atoms with Gasteiger partial charge in [-0.2, -0.15) is 0 Å². The highest BCUT2D eigenvalue weighted by atomic mass is 19.1. The van der Waals surface area contributed by atoms with Crippen molar-refractivity contribution in [3.63, 3.8) is 0 Å². The van der Waals surface area contributed by atoms with Gasteiger partial charge in [-0.3, -0.25) is 9.59 Å². The number of allylic oxidation sites excluding steroid dienone is 4. The molecule has 0 bridgehead atoms. The molecule has 1 saturated carbocycles. The van der Waals surface area contributed by atoms with Crippen LogP contribution in [-0.2, 0) is 19.1 Å². The zero-order chi connectivity index (χ0) is 27.5. The van der Waals surface area contributed by atoms with E-state index in [4.69, 9.17) is 9.47 Å². The van der Waals surface area contributed by atoms with Crippen LogP contribution >= 0.6 is 0 Å². The highest BCUT2D eigenvalue weighted by Gasteiger charge is 2.50. The van der Waals surface area contributed by atoms with E-state index < -0.39 is 11.8 Å². The highest BCUT2D eigenvalue weighted by molar-refractivity contribution is 5.67. The first kappa shape index (κ1) is 29.6. The van der Waals surface area contributed by atoms with Crippen LogP contribution in [-0.4, -0.2) is 41.0 Å². The SMILES string of the molecule is CC(=O)O[C@@H]1CC(/C=C\C2=CCC[C@]3(C)[C@@H]([C@H](C)CC[C@@H](F)C(C)(C)O)CC[C@@H]23)=C(C)[C@@H](OC(C)=O)C1. The number of halogens is 1. The van der Waals surface area contributed by atoms with E-state index in [9.17, 15) is 19.1 Å². The van der Waals surface area contributed by atoms with Gasteiger partial charge in [0.15, 0.2) is 0 Å². The van der Waals surface area contributed by atoms with Crippen molar-refractivity contribution in [1.29, 1.82) is 0 Å². The summed E-state index contributed by atoms with van der Waals surface area (Å²) < 4.78 is 25.5. The Morgan fingerprint density at radius 2 is 1.86 bits per heavy atom. The van der Waals surface area contributed by atoms with E-state index in [1.54, 1.807) is 13.8 Å². The Morgan fingerprint density at radius 3 is 2.49 bits per heavy atom.